The van der Waals surface area contributed by atoms with Crippen molar-refractivity contribution in [3.05, 3.63) is 69.7 Å². The van der Waals surface area contributed by atoms with Gasteiger partial charge in [0, 0.05) is 10.6 Å². The number of hydrogen-bond acceptors (Lipinski definition) is 1. The third kappa shape index (κ3) is 1.66. The van der Waals surface area contributed by atoms with Crippen molar-refractivity contribution >= 4 is 11.6 Å². The van der Waals surface area contributed by atoms with Crippen LogP contribution in [0.3, 0.4) is 0 Å². The molecule has 0 aromatic heterocycles. The minimum absolute atomic E-state index is 0.634. The zero-order valence-corrected chi connectivity index (χ0v) is 11.0. The van der Waals surface area contributed by atoms with Gasteiger partial charge >= 0.3 is 0 Å². The smallest absolute Gasteiger partial charge is 0.117 e. The lowest BCUT2D eigenvalue weighted by Crippen LogP contribution is -2.24. The Morgan fingerprint density at radius 1 is 1.11 bits per heavy atom. The second kappa shape index (κ2) is 4.11. The van der Waals surface area contributed by atoms with Crippen molar-refractivity contribution in [2.24, 2.45) is 0 Å². The van der Waals surface area contributed by atoms with Gasteiger partial charge in [0.2, 0.25) is 0 Å². The molecule has 0 aliphatic heterocycles. The van der Waals surface area contributed by atoms with Gasteiger partial charge in [-0.3, -0.25) is 0 Å². The van der Waals surface area contributed by atoms with Crippen LogP contribution in [-0.4, -0.2) is 5.11 Å². The summed E-state index contributed by atoms with van der Waals surface area (Å²) in [6.45, 7) is 2.05. The fourth-order valence-corrected chi connectivity index (χ4v) is 3.11. The summed E-state index contributed by atoms with van der Waals surface area (Å²) in [6.07, 6.45) is 1.60. The van der Waals surface area contributed by atoms with Gasteiger partial charge in [-0.25, -0.2) is 0 Å². The molecule has 1 N–H and O–H groups in total. The van der Waals surface area contributed by atoms with E-state index in [1.165, 1.54) is 11.1 Å². The molecule has 0 bridgehead atoms. The van der Waals surface area contributed by atoms with E-state index < -0.39 is 5.60 Å². The molecule has 0 fully saturated rings. The van der Waals surface area contributed by atoms with Crippen molar-refractivity contribution < 1.29 is 5.11 Å². The highest BCUT2D eigenvalue weighted by Crippen LogP contribution is 2.44. The lowest BCUT2D eigenvalue weighted by atomic mass is 9.87. The van der Waals surface area contributed by atoms with Gasteiger partial charge in [-0.2, -0.15) is 0 Å². The maximum Gasteiger partial charge on any atom is 0.117 e. The summed E-state index contributed by atoms with van der Waals surface area (Å²) in [5, 5.41) is 11.7. The Morgan fingerprint density at radius 2 is 1.89 bits per heavy atom. The van der Waals surface area contributed by atoms with Crippen molar-refractivity contribution in [1.82, 2.24) is 0 Å². The molecule has 0 radical (unpaired) electrons. The first-order chi connectivity index (χ1) is 8.61. The molecule has 2 heteroatoms. The first kappa shape index (κ1) is 11.8. The molecular formula is C16H15ClO. The van der Waals surface area contributed by atoms with Crippen molar-refractivity contribution in [3.8, 4) is 0 Å². The molecule has 1 nitrogen and oxygen atoms in total. The van der Waals surface area contributed by atoms with E-state index in [0.29, 0.717) is 11.4 Å². The topological polar surface area (TPSA) is 20.2 Å². The molecule has 1 atom stereocenters. The number of benzene rings is 2. The zero-order valence-electron chi connectivity index (χ0n) is 10.3. The zero-order chi connectivity index (χ0) is 12.8. The third-order valence-electron chi connectivity index (χ3n) is 3.79. The summed E-state index contributed by atoms with van der Waals surface area (Å²) in [6, 6.07) is 13.8. The molecule has 1 unspecified atom stereocenters. The van der Waals surface area contributed by atoms with E-state index >= 15 is 0 Å². The van der Waals surface area contributed by atoms with E-state index in [-0.39, 0.29) is 0 Å². The van der Waals surface area contributed by atoms with E-state index in [2.05, 4.69) is 18.2 Å². The molecule has 0 heterocycles. The molecule has 0 spiro atoms. The SMILES string of the molecule is Cc1ccc2c(c1)C(O)(c1ccccc1Cl)CC2. The van der Waals surface area contributed by atoms with Gasteiger partial charge in [0.15, 0.2) is 0 Å². The summed E-state index contributed by atoms with van der Waals surface area (Å²) in [4.78, 5) is 0. The second-order valence-electron chi connectivity index (χ2n) is 5.00. The average molecular weight is 259 g/mol. The Morgan fingerprint density at radius 3 is 2.67 bits per heavy atom. The summed E-state index contributed by atoms with van der Waals surface area (Å²) < 4.78 is 0. The first-order valence-corrected chi connectivity index (χ1v) is 6.56. The van der Waals surface area contributed by atoms with Gasteiger partial charge in [0.25, 0.3) is 0 Å². The van der Waals surface area contributed by atoms with Gasteiger partial charge < -0.3 is 5.11 Å². The van der Waals surface area contributed by atoms with E-state index in [9.17, 15) is 5.11 Å². The van der Waals surface area contributed by atoms with Crippen LogP contribution < -0.4 is 0 Å². The minimum atomic E-state index is -0.931. The van der Waals surface area contributed by atoms with Crippen molar-refractivity contribution in [3.63, 3.8) is 0 Å². The number of aliphatic hydroxyl groups is 1. The molecule has 1 aliphatic carbocycles. The van der Waals surface area contributed by atoms with Gasteiger partial charge in [0.1, 0.15) is 5.60 Å². The van der Waals surface area contributed by atoms with Gasteiger partial charge in [0.05, 0.1) is 0 Å². The Hall–Kier alpha value is -1.31. The van der Waals surface area contributed by atoms with Crippen LogP contribution in [0.4, 0.5) is 0 Å². The Balaban J connectivity index is 2.20. The Bertz CT molecular complexity index is 606. The normalized spacial score (nSPS) is 21.9. The molecule has 92 valence electrons. The van der Waals surface area contributed by atoms with Crippen LogP contribution in [-0.2, 0) is 12.0 Å². The standard InChI is InChI=1S/C16H15ClO/c1-11-6-7-12-8-9-16(18,14(12)10-11)13-4-2-3-5-15(13)17/h2-7,10,18H,8-9H2,1H3. The van der Waals surface area contributed by atoms with Crippen LogP contribution in [0.15, 0.2) is 42.5 Å². The lowest BCUT2D eigenvalue weighted by molar-refractivity contribution is 0.0830. The molecule has 2 aromatic rings. The monoisotopic (exact) mass is 258 g/mol. The summed E-state index contributed by atoms with van der Waals surface area (Å²) in [7, 11) is 0. The molecule has 0 saturated carbocycles. The quantitative estimate of drug-likeness (QED) is 0.824. The highest BCUT2D eigenvalue weighted by atomic mass is 35.5. The van der Waals surface area contributed by atoms with Crippen LogP contribution in [0.5, 0.6) is 0 Å². The molecule has 0 amide bonds. The first-order valence-electron chi connectivity index (χ1n) is 6.19. The third-order valence-corrected chi connectivity index (χ3v) is 4.12. The fourth-order valence-electron chi connectivity index (χ4n) is 2.82. The predicted molar refractivity (Wildman–Crippen MR) is 74.0 cm³/mol. The van der Waals surface area contributed by atoms with Gasteiger partial charge in [-0.15, -0.1) is 0 Å². The molecule has 0 saturated heterocycles. The van der Waals surface area contributed by atoms with E-state index in [1.54, 1.807) is 0 Å². The van der Waals surface area contributed by atoms with Gasteiger partial charge in [-0.05, 0) is 37.0 Å². The van der Waals surface area contributed by atoms with E-state index in [4.69, 9.17) is 11.6 Å². The Labute approximate surface area is 112 Å². The number of halogens is 1. The van der Waals surface area contributed by atoms with E-state index in [0.717, 1.165) is 17.5 Å². The number of fused-ring (bicyclic) bond motifs is 1. The number of hydrogen-bond donors (Lipinski definition) is 1. The van der Waals surface area contributed by atoms with E-state index in [1.807, 2.05) is 31.2 Å². The molecule has 2 aromatic carbocycles. The molecule has 18 heavy (non-hydrogen) atoms. The lowest BCUT2D eigenvalue weighted by Gasteiger charge is -2.26. The molecule has 3 rings (SSSR count). The van der Waals surface area contributed by atoms with Crippen molar-refractivity contribution in [2.75, 3.05) is 0 Å². The predicted octanol–water partition coefficient (Wildman–Crippen LogP) is 3.83. The summed E-state index contributed by atoms with van der Waals surface area (Å²) in [5.41, 5.74) is 3.29. The molecule has 1 aliphatic rings. The highest BCUT2D eigenvalue weighted by Gasteiger charge is 2.39. The summed E-state index contributed by atoms with van der Waals surface area (Å²) in [5.74, 6) is 0. The average Bonchev–Trinajstić information content (AvgIpc) is 2.69. The minimum Gasteiger partial charge on any atom is -0.380 e. The van der Waals surface area contributed by atoms with Crippen molar-refractivity contribution in [2.45, 2.75) is 25.4 Å². The van der Waals surface area contributed by atoms with Crippen LogP contribution in [0, 0.1) is 6.92 Å². The van der Waals surface area contributed by atoms with Crippen LogP contribution in [0.2, 0.25) is 5.02 Å². The highest BCUT2D eigenvalue weighted by molar-refractivity contribution is 6.31. The maximum absolute atomic E-state index is 11.0. The Kier molecular flexibility index (Phi) is 2.69. The number of rotatable bonds is 1. The summed E-state index contributed by atoms with van der Waals surface area (Å²) >= 11 is 6.24. The van der Waals surface area contributed by atoms with Crippen molar-refractivity contribution in [1.29, 1.82) is 0 Å². The second-order valence-corrected chi connectivity index (χ2v) is 5.41. The maximum atomic E-state index is 11.0. The van der Waals surface area contributed by atoms with Gasteiger partial charge in [-0.1, -0.05) is 53.6 Å². The number of aryl methyl sites for hydroxylation is 2. The van der Waals surface area contributed by atoms with Crippen LogP contribution in [0.25, 0.3) is 0 Å². The van der Waals surface area contributed by atoms with Crippen LogP contribution >= 0.6 is 11.6 Å². The fraction of sp³-hybridized carbons (Fsp3) is 0.250. The largest absolute Gasteiger partial charge is 0.380 e. The molecular weight excluding hydrogens is 244 g/mol. The van der Waals surface area contributed by atoms with Crippen LogP contribution in [0.1, 0.15) is 28.7 Å².